The number of rotatable bonds is 7. The summed E-state index contributed by atoms with van der Waals surface area (Å²) in [5, 5.41) is 0. The smallest absolute Gasteiger partial charge is 0.375 e. The fourth-order valence-corrected chi connectivity index (χ4v) is 0.858. The number of unbranched alkanes of at least 4 members (excludes halogenated alkanes) is 3. The average Bonchev–Trinajstić information content (AvgIpc) is 2.16. The molecular formula is C9H17NO3. The number of ether oxygens (including phenoxy) is 1. The Morgan fingerprint density at radius 2 is 1.92 bits per heavy atom. The van der Waals surface area contributed by atoms with Gasteiger partial charge < -0.3 is 10.5 Å². The van der Waals surface area contributed by atoms with Gasteiger partial charge in [0.2, 0.25) is 0 Å². The fraction of sp³-hybridized carbons (Fsp3) is 0.778. The fourth-order valence-electron chi connectivity index (χ4n) is 0.858. The molecule has 4 heteroatoms. The highest BCUT2D eigenvalue weighted by molar-refractivity contribution is 6.34. The molecule has 0 atom stereocenters. The zero-order valence-corrected chi connectivity index (χ0v) is 8.04. The molecule has 0 bridgehead atoms. The molecule has 76 valence electrons. The van der Waals surface area contributed by atoms with Crippen molar-refractivity contribution in [1.82, 2.24) is 0 Å². The largest absolute Gasteiger partial charge is 0.460 e. The summed E-state index contributed by atoms with van der Waals surface area (Å²) >= 11 is 0. The number of carbonyl (C=O) groups excluding carboxylic acids is 2. The molecule has 2 N–H and O–H groups in total. The lowest BCUT2D eigenvalue weighted by atomic mass is 10.2. The van der Waals surface area contributed by atoms with Crippen molar-refractivity contribution >= 4 is 11.8 Å². The Kier molecular flexibility index (Phi) is 7.20. The van der Waals surface area contributed by atoms with Gasteiger partial charge in [0.25, 0.3) is 5.78 Å². The van der Waals surface area contributed by atoms with Crippen LogP contribution in [0.2, 0.25) is 0 Å². The van der Waals surface area contributed by atoms with Crippen molar-refractivity contribution < 1.29 is 14.3 Å². The summed E-state index contributed by atoms with van der Waals surface area (Å²) in [6.07, 6.45) is 4.11. The van der Waals surface area contributed by atoms with Crippen LogP contribution in [0.25, 0.3) is 0 Å². The summed E-state index contributed by atoms with van der Waals surface area (Å²) in [5.41, 5.74) is 4.97. The normalized spacial score (nSPS) is 9.69. The minimum absolute atomic E-state index is 0.270. The van der Waals surface area contributed by atoms with Gasteiger partial charge in [0.15, 0.2) is 0 Å². The lowest BCUT2D eigenvalue weighted by molar-refractivity contribution is -0.153. The molecule has 0 saturated carbocycles. The monoisotopic (exact) mass is 187 g/mol. The van der Waals surface area contributed by atoms with Gasteiger partial charge in [-0.1, -0.05) is 26.2 Å². The van der Waals surface area contributed by atoms with Crippen LogP contribution >= 0.6 is 0 Å². The van der Waals surface area contributed by atoms with Crippen LogP contribution < -0.4 is 5.73 Å². The minimum Gasteiger partial charge on any atom is -0.460 e. The first-order valence-electron chi connectivity index (χ1n) is 4.62. The van der Waals surface area contributed by atoms with Crippen molar-refractivity contribution in [3.05, 3.63) is 0 Å². The molecule has 4 nitrogen and oxygen atoms in total. The van der Waals surface area contributed by atoms with Crippen molar-refractivity contribution in [2.24, 2.45) is 5.73 Å². The lowest BCUT2D eigenvalue weighted by Crippen LogP contribution is -2.25. The first kappa shape index (κ1) is 12.1. The molecule has 0 aromatic rings. The van der Waals surface area contributed by atoms with E-state index in [-0.39, 0.29) is 6.54 Å². The van der Waals surface area contributed by atoms with Gasteiger partial charge in [0.1, 0.15) is 0 Å². The van der Waals surface area contributed by atoms with Gasteiger partial charge >= 0.3 is 5.97 Å². The van der Waals surface area contributed by atoms with E-state index in [2.05, 4.69) is 11.7 Å². The molecule has 0 aliphatic rings. The second-order valence-corrected chi connectivity index (χ2v) is 2.82. The highest BCUT2D eigenvalue weighted by Gasteiger charge is 2.11. The standard InChI is InChI=1S/C9H17NO3/c1-2-3-4-5-6-13-9(12)8(11)7-10/h2-7,10H2,1H3. The van der Waals surface area contributed by atoms with E-state index in [1.54, 1.807) is 0 Å². The first-order valence-corrected chi connectivity index (χ1v) is 4.62. The molecular weight excluding hydrogens is 170 g/mol. The quantitative estimate of drug-likeness (QED) is 0.360. The first-order chi connectivity index (χ1) is 6.22. The van der Waals surface area contributed by atoms with E-state index >= 15 is 0 Å². The molecule has 0 radical (unpaired) electrons. The molecule has 0 fully saturated rings. The molecule has 0 aromatic heterocycles. The maximum Gasteiger partial charge on any atom is 0.375 e. The highest BCUT2D eigenvalue weighted by Crippen LogP contribution is 1.98. The lowest BCUT2D eigenvalue weighted by Gasteiger charge is -2.01. The van der Waals surface area contributed by atoms with Crippen LogP contribution in [0.3, 0.4) is 0 Å². The van der Waals surface area contributed by atoms with Crippen LogP contribution in [-0.4, -0.2) is 24.9 Å². The van der Waals surface area contributed by atoms with E-state index in [0.29, 0.717) is 6.61 Å². The molecule has 0 aliphatic heterocycles. The molecule has 0 unspecified atom stereocenters. The van der Waals surface area contributed by atoms with Gasteiger partial charge in [-0.3, -0.25) is 4.79 Å². The summed E-state index contributed by atoms with van der Waals surface area (Å²) in [6, 6.07) is 0. The summed E-state index contributed by atoms with van der Waals surface area (Å²) < 4.78 is 4.67. The van der Waals surface area contributed by atoms with Crippen molar-refractivity contribution in [1.29, 1.82) is 0 Å². The Morgan fingerprint density at radius 3 is 2.46 bits per heavy atom. The van der Waals surface area contributed by atoms with Gasteiger partial charge in [0, 0.05) is 0 Å². The van der Waals surface area contributed by atoms with Gasteiger partial charge in [-0.05, 0) is 6.42 Å². The number of Topliss-reactive ketones (excluding diaryl/α,β-unsaturated/α-hetero) is 1. The van der Waals surface area contributed by atoms with E-state index in [9.17, 15) is 9.59 Å². The van der Waals surface area contributed by atoms with Gasteiger partial charge in [-0.15, -0.1) is 0 Å². The molecule has 0 aromatic carbocycles. The van der Waals surface area contributed by atoms with Crippen LogP contribution in [0.1, 0.15) is 32.6 Å². The Morgan fingerprint density at radius 1 is 1.23 bits per heavy atom. The predicted octanol–water partition coefficient (Wildman–Crippen LogP) is 0.638. The average molecular weight is 187 g/mol. The maximum atomic E-state index is 10.8. The number of hydrogen-bond acceptors (Lipinski definition) is 4. The zero-order chi connectivity index (χ0) is 10.1. The maximum absolute atomic E-state index is 10.8. The Labute approximate surface area is 78.4 Å². The Bertz CT molecular complexity index is 168. The zero-order valence-electron chi connectivity index (χ0n) is 8.04. The van der Waals surface area contributed by atoms with Crippen LogP contribution in [0.4, 0.5) is 0 Å². The Balaban J connectivity index is 3.32. The van der Waals surface area contributed by atoms with E-state index in [0.717, 1.165) is 25.7 Å². The second-order valence-electron chi connectivity index (χ2n) is 2.82. The SMILES string of the molecule is CCCCCCOC(=O)C(=O)CN. The van der Waals surface area contributed by atoms with E-state index in [4.69, 9.17) is 5.73 Å². The van der Waals surface area contributed by atoms with Crippen molar-refractivity contribution in [3.63, 3.8) is 0 Å². The number of nitrogens with two attached hydrogens (primary N) is 1. The van der Waals surface area contributed by atoms with Crippen molar-refractivity contribution in [2.45, 2.75) is 32.6 Å². The van der Waals surface area contributed by atoms with Crippen molar-refractivity contribution in [2.75, 3.05) is 13.2 Å². The molecule has 0 aliphatic carbocycles. The van der Waals surface area contributed by atoms with E-state index in [1.165, 1.54) is 0 Å². The van der Waals surface area contributed by atoms with E-state index < -0.39 is 11.8 Å². The van der Waals surface area contributed by atoms with Crippen LogP contribution in [0, 0.1) is 0 Å². The molecule has 0 spiro atoms. The molecule has 13 heavy (non-hydrogen) atoms. The third kappa shape index (κ3) is 6.28. The summed E-state index contributed by atoms with van der Waals surface area (Å²) in [7, 11) is 0. The summed E-state index contributed by atoms with van der Waals surface area (Å²) in [6.45, 7) is 2.16. The molecule has 0 amide bonds. The predicted molar refractivity (Wildman–Crippen MR) is 49.2 cm³/mol. The van der Waals surface area contributed by atoms with Crippen LogP contribution in [-0.2, 0) is 14.3 Å². The summed E-state index contributed by atoms with van der Waals surface area (Å²) in [5.74, 6) is -1.46. The number of carbonyl (C=O) groups is 2. The third-order valence-corrected chi connectivity index (χ3v) is 1.64. The summed E-state index contributed by atoms with van der Waals surface area (Å²) in [4.78, 5) is 21.4. The topological polar surface area (TPSA) is 69.4 Å². The molecule has 0 saturated heterocycles. The second kappa shape index (κ2) is 7.73. The number of hydrogen-bond donors (Lipinski definition) is 1. The van der Waals surface area contributed by atoms with Gasteiger partial charge in [-0.2, -0.15) is 0 Å². The van der Waals surface area contributed by atoms with Crippen molar-refractivity contribution in [3.8, 4) is 0 Å². The highest BCUT2D eigenvalue weighted by atomic mass is 16.5. The molecule has 0 rings (SSSR count). The number of ketones is 1. The van der Waals surface area contributed by atoms with Gasteiger partial charge in [0.05, 0.1) is 13.2 Å². The Hall–Kier alpha value is -0.900. The molecule has 0 heterocycles. The number of esters is 1. The van der Waals surface area contributed by atoms with Gasteiger partial charge in [-0.25, -0.2) is 4.79 Å². The minimum atomic E-state index is -0.806. The van der Waals surface area contributed by atoms with Crippen LogP contribution in [0.5, 0.6) is 0 Å². The van der Waals surface area contributed by atoms with E-state index in [1.807, 2.05) is 0 Å². The third-order valence-electron chi connectivity index (χ3n) is 1.64. The van der Waals surface area contributed by atoms with Crippen LogP contribution in [0.15, 0.2) is 0 Å².